The predicted molar refractivity (Wildman–Crippen MR) is 219 cm³/mol. The largest absolute Gasteiger partial charge is 0.507 e. The monoisotopic (exact) mass is 889 g/mol. The van der Waals surface area contributed by atoms with E-state index >= 15 is 0 Å². The molecule has 0 radical (unpaired) electrons. The topological polar surface area (TPSA) is 50.9 Å². The Morgan fingerprint density at radius 3 is 2.17 bits per heavy atom. The molecule has 4 nitrogen and oxygen atoms in total. The molecule has 0 unspecified atom stereocenters. The van der Waals surface area contributed by atoms with Crippen LogP contribution in [0.15, 0.2) is 140 Å². The van der Waals surface area contributed by atoms with Crippen molar-refractivity contribution in [1.82, 2.24) is 14.5 Å². The Hall–Kier alpha value is -5.57. The molecule has 0 saturated carbocycles. The van der Waals surface area contributed by atoms with Gasteiger partial charge in [0.2, 0.25) is 0 Å². The van der Waals surface area contributed by atoms with Gasteiger partial charge in [0.15, 0.2) is 0 Å². The van der Waals surface area contributed by atoms with Crippen molar-refractivity contribution < 1.29 is 34.4 Å². The number of pyridine rings is 1. The summed E-state index contributed by atoms with van der Waals surface area (Å²) >= 11 is 0. The van der Waals surface area contributed by atoms with Crippen molar-refractivity contribution in [2.24, 2.45) is 0 Å². The molecule has 8 rings (SSSR count). The molecule has 2 aromatic heterocycles. The van der Waals surface area contributed by atoms with Crippen LogP contribution in [0.2, 0.25) is 0 Å². The Bertz CT molecular complexity index is 2860. The van der Waals surface area contributed by atoms with Crippen LogP contribution in [0.3, 0.4) is 0 Å². The Morgan fingerprint density at radius 2 is 1.43 bits per heavy atom. The summed E-state index contributed by atoms with van der Waals surface area (Å²) in [6.07, 6.45) is 1.82. The second kappa shape index (κ2) is 14.7. The molecule has 1 N–H and O–H groups in total. The van der Waals surface area contributed by atoms with E-state index in [0.717, 1.165) is 39.1 Å². The summed E-state index contributed by atoms with van der Waals surface area (Å²) in [5.74, 6) is 0.328. The van der Waals surface area contributed by atoms with Gasteiger partial charge in [-0.15, -0.1) is 29.3 Å². The van der Waals surface area contributed by atoms with Gasteiger partial charge in [0.1, 0.15) is 11.6 Å². The summed E-state index contributed by atoms with van der Waals surface area (Å²) in [7, 11) is 0. The minimum Gasteiger partial charge on any atom is -0.507 e. The van der Waals surface area contributed by atoms with Crippen LogP contribution in [-0.2, 0) is 26.5 Å². The first-order valence-corrected chi connectivity index (χ1v) is 17.6. The summed E-state index contributed by atoms with van der Waals surface area (Å²) < 4.78 is 53.1. The van der Waals surface area contributed by atoms with Crippen LogP contribution in [0.4, 0.5) is 0 Å². The molecule has 0 amide bonds. The normalized spacial score (nSPS) is 13.6. The van der Waals surface area contributed by atoms with Gasteiger partial charge in [-0.2, -0.15) is 0 Å². The zero-order valence-corrected chi connectivity index (χ0v) is 32.7. The van der Waals surface area contributed by atoms with E-state index in [1.165, 1.54) is 11.6 Å². The maximum absolute atomic E-state index is 11.3. The number of aromatic nitrogens is 3. The number of hydrogen-bond donors (Lipinski definition) is 1. The molecule has 0 atom stereocenters. The van der Waals surface area contributed by atoms with Crippen molar-refractivity contribution >= 4 is 11.0 Å². The summed E-state index contributed by atoms with van der Waals surface area (Å²) in [6.45, 7) is 3.04. The summed E-state index contributed by atoms with van der Waals surface area (Å²) in [5.41, 5.74) is 9.55. The average Bonchev–Trinajstić information content (AvgIpc) is 3.60. The molecule has 0 aliphatic rings. The molecule has 0 saturated heterocycles. The summed E-state index contributed by atoms with van der Waals surface area (Å²) in [4.78, 5) is 10.0. The zero-order chi connectivity index (χ0) is 41.9. The molecule has 0 spiro atoms. The Morgan fingerprint density at radius 1 is 0.685 bits per heavy atom. The molecule has 8 aromatic rings. The number of phenols is 1. The van der Waals surface area contributed by atoms with Crippen LogP contribution in [-0.4, -0.2) is 19.6 Å². The van der Waals surface area contributed by atoms with E-state index in [2.05, 4.69) is 76.2 Å². The molecule has 2 heterocycles. The Balaban J connectivity index is 0.00000544. The van der Waals surface area contributed by atoms with Crippen LogP contribution in [0.25, 0.3) is 72.7 Å². The number of benzene rings is 6. The second-order valence-corrected chi connectivity index (χ2v) is 14.5. The van der Waals surface area contributed by atoms with Gasteiger partial charge in [-0.25, -0.2) is 4.98 Å². The number of aryl methyl sites for hydroxylation is 2. The van der Waals surface area contributed by atoms with Crippen molar-refractivity contribution in [1.29, 1.82) is 0 Å². The molecular formula is C49H42N3OPt-. The number of phenolic OH excluding ortho intramolecular Hbond substituents is 1. The summed E-state index contributed by atoms with van der Waals surface area (Å²) in [6, 6.07) is 45.1. The Labute approximate surface area is 340 Å². The van der Waals surface area contributed by atoms with Crippen molar-refractivity contribution in [3.8, 4) is 67.5 Å². The van der Waals surface area contributed by atoms with Gasteiger partial charge in [0, 0.05) is 46.9 Å². The van der Waals surface area contributed by atoms with Crippen LogP contribution in [0.1, 0.15) is 51.2 Å². The quantitative estimate of drug-likeness (QED) is 0.169. The third-order valence-corrected chi connectivity index (χ3v) is 9.74. The van der Waals surface area contributed by atoms with Crippen LogP contribution < -0.4 is 0 Å². The van der Waals surface area contributed by atoms with Crippen molar-refractivity contribution in [3.05, 3.63) is 168 Å². The maximum Gasteiger partial charge on any atom is 0.148 e. The van der Waals surface area contributed by atoms with E-state index in [4.69, 9.17) is 18.2 Å². The first-order valence-electron chi connectivity index (χ1n) is 20.6. The number of fused-ring (bicyclic) bond motifs is 1. The third kappa shape index (κ3) is 6.95. The van der Waals surface area contributed by atoms with E-state index in [1.54, 1.807) is 59.2 Å². The molecule has 0 aliphatic carbocycles. The fourth-order valence-electron chi connectivity index (χ4n) is 6.81. The van der Waals surface area contributed by atoms with Gasteiger partial charge in [0.25, 0.3) is 0 Å². The molecular weight excluding hydrogens is 842 g/mol. The zero-order valence-electron chi connectivity index (χ0n) is 36.4. The summed E-state index contributed by atoms with van der Waals surface area (Å²) in [5, 5.41) is 11.3. The second-order valence-electron chi connectivity index (χ2n) is 14.5. The van der Waals surface area contributed by atoms with Gasteiger partial charge < -0.3 is 5.11 Å². The van der Waals surface area contributed by atoms with Crippen molar-refractivity contribution in [2.75, 3.05) is 0 Å². The first kappa shape index (κ1) is 29.8. The van der Waals surface area contributed by atoms with Gasteiger partial charge in [0.05, 0.1) is 16.6 Å². The fraction of sp³-hybridized carbons (Fsp3) is 0.143. The van der Waals surface area contributed by atoms with E-state index < -0.39 is 13.7 Å². The predicted octanol–water partition coefficient (Wildman–Crippen LogP) is 12.5. The number of imidazole rings is 1. The molecule has 5 heteroatoms. The smallest absolute Gasteiger partial charge is 0.148 e. The minimum atomic E-state index is -2.77. The molecule has 54 heavy (non-hydrogen) atoms. The third-order valence-electron chi connectivity index (χ3n) is 9.74. The first-order chi connectivity index (χ1) is 28.0. The van der Waals surface area contributed by atoms with E-state index in [9.17, 15) is 5.11 Å². The van der Waals surface area contributed by atoms with Gasteiger partial charge >= 0.3 is 0 Å². The van der Waals surface area contributed by atoms with E-state index in [1.807, 2.05) is 36.5 Å². The van der Waals surface area contributed by atoms with Gasteiger partial charge in [-0.1, -0.05) is 122 Å². The van der Waals surface area contributed by atoms with Crippen LogP contribution in [0.5, 0.6) is 5.75 Å². The van der Waals surface area contributed by atoms with Gasteiger partial charge in [-0.3, -0.25) is 9.55 Å². The molecule has 270 valence electrons. The van der Waals surface area contributed by atoms with E-state index in [0.29, 0.717) is 33.7 Å². The molecule has 0 fully saturated rings. The SMILES string of the molecule is [2H]C([2H])([2H])c1cc(-n2c(-c3ccccc3O)nc3c(-c4[c-]c(-c5cc(-c6ccc(C)cc6)ccn5)cc(C(C)(C)C)c4)cccc32)cc(-c2ccccc2)c1C([2H])([2H])[2H].[Pt]. The van der Waals surface area contributed by atoms with Crippen LogP contribution >= 0.6 is 0 Å². The standard InChI is InChI=1S/C49H42N3O.Pt/c1-31-19-21-34(22-20-31)36-23-24-50-44(29-36)38-26-37(27-39(28-38)49(4,5)6)41-16-12-17-45-47(41)51-48(42-15-10-11-18-46(42)53)52(45)40-25-32(2)33(3)43(30-40)35-13-8-7-9-14-35;/h7-25,27-30,53H,1-6H3;/q-1;/i2D3,3D3;. The number of aromatic hydroxyl groups is 1. The van der Waals surface area contributed by atoms with Crippen molar-refractivity contribution in [2.45, 2.75) is 46.8 Å². The van der Waals surface area contributed by atoms with Gasteiger partial charge in [-0.05, 0) is 95.8 Å². The average molecular weight is 890 g/mol. The fourth-order valence-corrected chi connectivity index (χ4v) is 6.81. The Kier molecular flexibility index (Phi) is 8.11. The van der Waals surface area contributed by atoms with E-state index in [-0.39, 0.29) is 48.9 Å². The minimum absolute atomic E-state index is 0. The molecule has 6 aromatic carbocycles. The number of para-hydroxylation sites is 2. The number of nitrogens with zero attached hydrogens (tertiary/aromatic N) is 3. The number of rotatable bonds is 6. The van der Waals surface area contributed by atoms with Crippen molar-refractivity contribution in [3.63, 3.8) is 0 Å². The maximum atomic E-state index is 11.3. The van der Waals surface area contributed by atoms with Crippen LogP contribution in [0, 0.1) is 26.7 Å². The number of hydrogen-bond acceptors (Lipinski definition) is 3. The molecule has 0 bridgehead atoms. The molecule has 0 aliphatic heterocycles.